The molecule has 2 nitrogen and oxygen atoms in total. The fourth-order valence-electron chi connectivity index (χ4n) is 1.25. The monoisotopic (exact) mass is 225 g/mol. The van der Waals surface area contributed by atoms with E-state index in [0.717, 1.165) is 5.56 Å². The first-order chi connectivity index (χ1) is 6.70. The smallest absolute Gasteiger partial charge is 0.106 e. The summed E-state index contributed by atoms with van der Waals surface area (Å²) < 4.78 is 11.3. The normalized spacial score (nSPS) is 14.4. The molecule has 0 aromatic heterocycles. The third-order valence-corrected chi connectivity index (χ3v) is 4.78. The van der Waals surface area contributed by atoms with Crippen LogP contribution in [-0.2, 0) is 10.8 Å². The van der Waals surface area contributed by atoms with Gasteiger partial charge in [-0.15, -0.1) is 11.8 Å². The van der Waals surface area contributed by atoms with Crippen LogP contribution in [-0.4, -0.2) is 16.7 Å². The number of nitrogens with zero attached hydrogens (tertiary/aromatic N) is 1. The highest BCUT2D eigenvalue weighted by Crippen LogP contribution is 2.31. The molecule has 1 rings (SSSR count). The fourth-order valence-corrected chi connectivity index (χ4v) is 3.35. The summed E-state index contributed by atoms with van der Waals surface area (Å²) in [4.78, 5) is 0. The minimum absolute atomic E-state index is 0.106. The van der Waals surface area contributed by atoms with E-state index < -0.39 is 10.8 Å². The lowest BCUT2D eigenvalue weighted by atomic mass is 10.1. The van der Waals surface area contributed by atoms with Gasteiger partial charge in [0.15, 0.2) is 0 Å². The average molecular weight is 225 g/mol. The lowest BCUT2D eigenvalue weighted by Gasteiger charge is -2.12. The van der Waals surface area contributed by atoms with Crippen molar-refractivity contribution >= 4 is 22.6 Å². The molecule has 0 saturated heterocycles. The number of nitriles is 1. The molecule has 0 N–H and O–H groups in total. The van der Waals surface area contributed by atoms with E-state index >= 15 is 0 Å². The number of thioether (sulfide) groups is 1. The van der Waals surface area contributed by atoms with Gasteiger partial charge in [-0.2, -0.15) is 5.26 Å². The van der Waals surface area contributed by atoms with Gasteiger partial charge in [-0.25, -0.2) is 0 Å². The second-order valence-electron chi connectivity index (χ2n) is 2.77. The van der Waals surface area contributed by atoms with Crippen LogP contribution in [0.2, 0.25) is 0 Å². The summed E-state index contributed by atoms with van der Waals surface area (Å²) >= 11 is 1.51. The van der Waals surface area contributed by atoms with Gasteiger partial charge in [0.25, 0.3) is 0 Å². The molecule has 4 heteroatoms. The number of hydrogen-bond acceptors (Lipinski definition) is 3. The zero-order valence-electron chi connectivity index (χ0n) is 8.06. The first-order valence-electron chi connectivity index (χ1n) is 4.04. The Morgan fingerprint density at radius 1 is 1.50 bits per heavy atom. The van der Waals surface area contributed by atoms with Crippen LogP contribution >= 0.6 is 11.8 Å². The molecular weight excluding hydrogens is 214 g/mol. The molecular formula is C10H11NOS2. The zero-order chi connectivity index (χ0) is 10.6. The standard InChI is InChI=1S/C10H11NOS2/c1-13-10(14(2)12)9-6-4-3-5-8(9)7-11/h3-6,10H,1-2H3. The van der Waals surface area contributed by atoms with E-state index in [2.05, 4.69) is 6.07 Å². The minimum Gasteiger partial charge on any atom is -0.258 e. The summed E-state index contributed by atoms with van der Waals surface area (Å²) in [7, 11) is -0.954. The number of rotatable bonds is 3. The van der Waals surface area contributed by atoms with Crippen LogP contribution in [0.1, 0.15) is 15.7 Å². The molecule has 0 aliphatic carbocycles. The summed E-state index contributed by atoms with van der Waals surface area (Å²) in [5, 5.41) is 8.89. The van der Waals surface area contributed by atoms with Crippen LogP contribution in [0, 0.1) is 11.3 Å². The SMILES string of the molecule is CSC(c1ccccc1C#N)S(C)=O. The number of hydrogen-bond donors (Lipinski definition) is 0. The molecule has 74 valence electrons. The van der Waals surface area contributed by atoms with Crippen LogP contribution in [0.4, 0.5) is 0 Å². The van der Waals surface area contributed by atoms with Gasteiger partial charge in [0, 0.05) is 17.1 Å². The first-order valence-corrected chi connectivity index (χ1v) is 6.95. The van der Waals surface area contributed by atoms with Crippen LogP contribution in [0.25, 0.3) is 0 Å². The Kier molecular flexibility index (Phi) is 4.18. The van der Waals surface area contributed by atoms with Crippen molar-refractivity contribution < 1.29 is 4.21 Å². The molecule has 1 aromatic rings. The third-order valence-electron chi connectivity index (χ3n) is 1.85. The average Bonchev–Trinajstić information content (AvgIpc) is 2.19. The Labute approximate surface area is 90.8 Å². The van der Waals surface area contributed by atoms with Crippen molar-refractivity contribution in [2.24, 2.45) is 0 Å². The quantitative estimate of drug-likeness (QED) is 0.792. The van der Waals surface area contributed by atoms with Crippen molar-refractivity contribution in [2.75, 3.05) is 12.5 Å². The Bertz CT molecular complexity index is 384. The van der Waals surface area contributed by atoms with Gasteiger partial charge in [-0.1, -0.05) is 18.2 Å². The second kappa shape index (κ2) is 5.18. The Balaban J connectivity index is 3.17. The molecule has 0 aliphatic heterocycles. The zero-order valence-corrected chi connectivity index (χ0v) is 9.69. The number of benzene rings is 1. The first kappa shape index (κ1) is 11.3. The van der Waals surface area contributed by atoms with E-state index in [4.69, 9.17) is 5.26 Å². The van der Waals surface area contributed by atoms with Crippen LogP contribution in [0.3, 0.4) is 0 Å². The maximum absolute atomic E-state index is 11.4. The summed E-state index contributed by atoms with van der Waals surface area (Å²) in [6.45, 7) is 0. The predicted octanol–water partition coefficient (Wildman–Crippen LogP) is 2.30. The van der Waals surface area contributed by atoms with Crippen molar-refractivity contribution in [3.8, 4) is 6.07 Å². The molecule has 0 fully saturated rings. The molecule has 0 saturated carbocycles. The highest BCUT2D eigenvalue weighted by Gasteiger charge is 2.16. The molecule has 0 bridgehead atoms. The molecule has 0 heterocycles. The maximum Gasteiger partial charge on any atom is 0.106 e. The summed E-state index contributed by atoms with van der Waals surface area (Å²) in [6, 6.07) is 9.42. The van der Waals surface area contributed by atoms with Crippen molar-refractivity contribution in [3.05, 3.63) is 35.4 Å². The Morgan fingerprint density at radius 3 is 2.64 bits per heavy atom. The second-order valence-corrected chi connectivity index (χ2v) is 5.48. The third kappa shape index (κ3) is 2.37. The van der Waals surface area contributed by atoms with Crippen molar-refractivity contribution in [1.82, 2.24) is 0 Å². The van der Waals surface area contributed by atoms with Crippen molar-refractivity contribution in [2.45, 2.75) is 4.58 Å². The fraction of sp³-hybridized carbons (Fsp3) is 0.300. The molecule has 14 heavy (non-hydrogen) atoms. The summed E-state index contributed by atoms with van der Waals surface area (Å²) in [6.07, 6.45) is 3.57. The van der Waals surface area contributed by atoms with Crippen LogP contribution < -0.4 is 0 Å². The van der Waals surface area contributed by atoms with Crippen LogP contribution in [0.5, 0.6) is 0 Å². The highest BCUT2D eigenvalue weighted by molar-refractivity contribution is 8.10. The topological polar surface area (TPSA) is 40.9 Å². The van der Waals surface area contributed by atoms with E-state index in [9.17, 15) is 4.21 Å². The maximum atomic E-state index is 11.4. The summed E-state index contributed by atoms with van der Waals surface area (Å²) in [5.41, 5.74) is 1.48. The van der Waals surface area contributed by atoms with Gasteiger partial charge in [-0.3, -0.25) is 4.21 Å². The predicted molar refractivity (Wildman–Crippen MR) is 61.5 cm³/mol. The molecule has 2 unspecified atom stereocenters. The lowest BCUT2D eigenvalue weighted by Crippen LogP contribution is -2.02. The van der Waals surface area contributed by atoms with E-state index in [-0.39, 0.29) is 4.58 Å². The Morgan fingerprint density at radius 2 is 2.14 bits per heavy atom. The van der Waals surface area contributed by atoms with Crippen molar-refractivity contribution in [3.63, 3.8) is 0 Å². The minimum atomic E-state index is -0.954. The molecule has 0 amide bonds. The molecule has 0 spiro atoms. The van der Waals surface area contributed by atoms with Gasteiger partial charge in [0.2, 0.25) is 0 Å². The highest BCUT2D eigenvalue weighted by atomic mass is 32.2. The van der Waals surface area contributed by atoms with Gasteiger partial charge in [0.05, 0.1) is 11.6 Å². The van der Waals surface area contributed by atoms with E-state index in [1.807, 2.05) is 24.5 Å². The molecule has 1 aromatic carbocycles. The van der Waals surface area contributed by atoms with E-state index in [1.165, 1.54) is 11.8 Å². The molecule has 2 atom stereocenters. The van der Waals surface area contributed by atoms with Crippen LogP contribution in [0.15, 0.2) is 24.3 Å². The Hall–Kier alpha value is -0.790. The van der Waals surface area contributed by atoms with Gasteiger partial charge >= 0.3 is 0 Å². The molecule has 0 radical (unpaired) electrons. The van der Waals surface area contributed by atoms with Gasteiger partial charge in [-0.05, 0) is 17.9 Å². The summed E-state index contributed by atoms with van der Waals surface area (Å²) in [5.74, 6) is 0. The van der Waals surface area contributed by atoms with Crippen molar-refractivity contribution in [1.29, 1.82) is 5.26 Å². The van der Waals surface area contributed by atoms with E-state index in [0.29, 0.717) is 5.56 Å². The van der Waals surface area contributed by atoms with E-state index in [1.54, 1.807) is 12.3 Å². The van der Waals surface area contributed by atoms with Gasteiger partial charge < -0.3 is 0 Å². The lowest BCUT2D eigenvalue weighted by molar-refractivity contribution is 0.685. The van der Waals surface area contributed by atoms with Gasteiger partial charge in [0.1, 0.15) is 4.58 Å². The molecule has 0 aliphatic rings. The largest absolute Gasteiger partial charge is 0.258 e.